The van der Waals surface area contributed by atoms with Gasteiger partial charge in [-0.15, -0.1) is 21.5 Å². The van der Waals surface area contributed by atoms with Gasteiger partial charge in [-0.1, -0.05) is 17.8 Å². The molecule has 0 bridgehead atoms. The summed E-state index contributed by atoms with van der Waals surface area (Å²) in [5, 5.41) is 11.4. The maximum atomic E-state index is 11.1. The van der Waals surface area contributed by atoms with Crippen molar-refractivity contribution in [2.75, 3.05) is 25.6 Å². The first-order chi connectivity index (χ1) is 10.8. The Morgan fingerprint density at radius 3 is 2.95 bits per heavy atom. The summed E-state index contributed by atoms with van der Waals surface area (Å²) in [6, 6.07) is 4.04. The molecule has 2 rings (SSSR count). The first-order valence-electron chi connectivity index (χ1n) is 7.09. The van der Waals surface area contributed by atoms with Gasteiger partial charge >= 0.3 is 5.97 Å². The number of hydrogen-bond acceptors (Lipinski definition) is 7. The average molecular weight is 341 g/mol. The molecule has 0 radical (unpaired) electrons. The Bertz CT molecular complexity index is 584. The van der Waals surface area contributed by atoms with E-state index in [1.54, 1.807) is 30.0 Å². The number of thioether (sulfide) groups is 1. The van der Waals surface area contributed by atoms with E-state index in [4.69, 9.17) is 9.47 Å². The van der Waals surface area contributed by atoms with Gasteiger partial charge in [0.15, 0.2) is 11.0 Å². The molecule has 0 aliphatic carbocycles. The molecule has 0 fully saturated rings. The lowest BCUT2D eigenvalue weighted by atomic mass is 10.4. The van der Waals surface area contributed by atoms with Crippen LogP contribution in [0.3, 0.4) is 0 Å². The highest BCUT2D eigenvalue weighted by atomic mass is 32.2. The molecule has 0 spiro atoms. The molecule has 2 aromatic heterocycles. The molecule has 0 N–H and O–H groups in total. The van der Waals surface area contributed by atoms with E-state index in [2.05, 4.69) is 21.7 Å². The minimum Gasteiger partial charge on any atom is -0.464 e. The van der Waals surface area contributed by atoms with Crippen molar-refractivity contribution in [2.24, 2.45) is 0 Å². The molecular weight excluding hydrogens is 322 g/mol. The predicted molar refractivity (Wildman–Crippen MR) is 87.2 cm³/mol. The standard InChI is InChI=1S/C14H19N3O3S2/c1-3-17-13(11-6-5-8-21-11)15-16-14(17)22-9-7-19-10-12(18)20-4-2/h5-6,8H,3-4,7,9-10H2,1-2H3. The summed E-state index contributed by atoms with van der Waals surface area (Å²) in [5.41, 5.74) is 0. The van der Waals surface area contributed by atoms with Crippen molar-refractivity contribution < 1.29 is 14.3 Å². The zero-order valence-corrected chi connectivity index (χ0v) is 14.3. The zero-order valence-electron chi connectivity index (χ0n) is 12.7. The van der Waals surface area contributed by atoms with Crippen LogP contribution in [0, 0.1) is 0 Å². The van der Waals surface area contributed by atoms with E-state index in [0.717, 1.165) is 22.4 Å². The molecule has 0 atom stereocenters. The topological polar surface area (TPSA) is 66.2 Å². The second-order valence-electron chi connectivity index (χ2n) is 4.23. The number of rotatable bonds is 9. The highest BCUT2D eigenvalue weighted by molar-refractivity contribution is 7.99. The number of aromatic nitrogens is 3. The fraction of sp³-hybridized carbons (Fsp3) is 0.500. The number of nitrogens with zero attached hydrogens (tertiary/aromatic N) is 3. The first kappa shape index (κ1) is 17.0. The molecule has 2 aromatic rings. The van der Waals surface area contributed by atoms with Crippen LogP contribution in [0.15, 0.2) is 22.7 Å². The first-order valence-corrected chi connectivity index (χ1v) is 8.96. The molecule has 0 amide bonds. The number of ether oxygens (including phenoxy) is 2. The van der Waals surface area contributed by atoms with Gasteiger partial charge in [-0.25, -0.2) is 4.79 Å². The van der Waals surface area contributed by atoms with Crippen molar-refractivity contribution in [1.82, 2.24) is 14.8 Å². The van der Waals surface area contributed by atoms with Crippen molar-refractivity contribution in [3.8, 4) is 10.7 Å². The largest absolute Gasteiger partial charge is 0.464 e. The molecule has 0 aliphatic rings. The molecule has 6 nitrogen and oxygen atoms in total. The number of carbonyl (C=O) groups is 1. The van der Waals surface area contributed by atoms with Crippen molar-refractivity contribution >= 4 is 29.1 Å². The van der Waals surface area contributed by atoms with Gasteiger partial charge in [0.05, 0.1) is 18.1 Å². The van der Waals surface area contributed by atoms with Crippen LogP contribution in [0.5, 0.6) is 0 Å². The summed E-state index contributed by atoms with van der Waals surface area (Å²) in [6.07, 6.45) is 0. The number of thiophene rings is 1. The lowest BCUT2D eigenvalue weighted by Crippen LogP contribution is -2.13. The summed E-state index contributed by atoms with van der Waals surface area (Å²) in [6.45, 7) is 5.50. The molecule has 0 saturated heterocycles. The zero-order chi connectivity index (χ0) is 15.8. The quantitative estimate of drug-likeness (QED) is 0.397. The Morgan fingerprint density at radius 2 is 2.27 bits per heavy atom. The molecule has 0 saturated carbocycles. The molecule has 120 valence electrons. The minimum absolute atomic E-state index is 0.00465. The fourth-order valence-corrected chi connectivity index (χ4v) is 3.39. The Hall–Kier alpha value is -1.38. The summed E-state index contributed by atoms with van der Waals surface area (Å²) >= 11 is 3.22. The van der Waals surface area contributed by atoms with E-state index in [9.17, 15) is 4.79 Å². The minimum atomic E-state index is -0.329. The second kappa shape index (κ2) is 8.92. The molecule has 2 heterocycles. The van der Waals surface area contributed by atoms with E-state index in [1.165, 1.54) is 0 Å². The molecule has 0 aromatic carbocycles. The Morgan fingerprint density at radius 1 is 1.41 bits per heavy atom. The highest BCUT2D eigenvalue weighted by Crippen LogP contribution is 2.26. The lowest BCUT2D eigenvalue weighted by molar-refractivity contribution is -0.148. The van der Waals surface area contributed by atoms with Crippen molar-refractivity contribution in [1.29, 1.82) is 0 Å². The van der Waals surface area contributed by atoms with Crippen LogP contribution in [0.25, 0.3) is 10.7 Å². The Labute approximate surface area is 137 Å². The Balaban J connectivity index is 1.82. The summed E-state index contributed by atoms with van der Waals surface area (Å²) < 4.78 is 12.1. The summed E-state index contributed by atoms with van der Waals surface area (Å²) in [5.74, 6) is 1.28. The molecule has 0 unspecified atom stereocenters. The van der Waals surface area contributed by atoms with E-state index < -0.39 is 0 Å². The van der Waals surface area contributed by atoms with Gasteiger partial charge in [-0.2, -0.15) is 0 Å². The van der Waals surface area contributed by atoms with Crippen LogP contribution in [0.4, 0.5) is 0 Å². The van der Waals surface area contributed by atoms with Crippen LogP contribution < -0.4 is 0 Å². The van der Waals surface area contributed by atoms with Crippen LogP contribution in [-0.4, -0.2) is 46.3 Å². The highest BCUT2D eigenvalue weighted by Gasteiger charge is 2.13. The third-order valence-corrected chi connectivity index (χ3v) is 4.56. The molecule has 8 heteroatoms. The number of hydrogen-bond donors (Lipinski definition) is 0. The van der Waals surface area contributed by atoms with Gasteiger partial charge in [0.2, 0.25) is 0 Å². The van der Waals surface area contributed by atoms with Crippen LogP contribution in [0.1, 0.15) is 13.8 Å². The van der Waals surface area contributed by atoms with E-state index in [1.807, 2.05) is 17.5 Å². The van der Waals surface area contributed by atoms with Gasteiger partial charge in [0, 0.05) is 12.3 Å². The van der Waals surface area contributed by atoms with Crippen LogP contribution in [-0.2, 0) is 20.8 Å². The van der Waals surface area contributed by atoms with E-state index in [0.29, 0.717) is 19.0 Å². The normalized spacial score (nSPS) is 10.8. The summed E-state index contributed by atoms with van der Waals surface area (Å²) in [7, 11) is 0. The lowest BCUT2D eigenvalue weighted by Gasteiger charge is -2.06. The maximum absolute atomic E-state index is 11.1. The van der Waals surface area contributed by atoms with Crippen molar-refractivity contribution in [3.05, 3.63) is 17.5 Å². The van der Waals surface area contributed by atoms with E-state index >= 15 is 0 Å². The van der Waals surface area contributed by atoms with Crippen molar-refractivity contribution in [2.45, 2.75) is 25.5 Å². The monoisotopic (exact) mass is 341 g/mol. The third-order valence-electron chi connectivity index (χ3n) is 2.76. The van der Waals surface area contributed by atoms with E-state index in [-0.39, 0.29) is 12.6 Å². The molecule has 22 heavy (non-hydrogen) atoms. The van der Waals surface area contributed by atoms with Crippen LogP contribution >= 0.6 is 23.1 Å². The van der Waals surface area contributed by atoms with Gasteiger partial charge in [-0.3, -0.25) is 0 Å². The number of esters is 1. The van der Waals surface area contributed by atoms with Gasteiger partial charge in [-0.05, 0) is 25.3 Å². The molecule has 0 aliphatic heterocycles. The smallest absolute Gasteiger partial charge is 0.332 e. The van der Waals surface area contributed by atoms with Gasteiger partial charge in [0.1, 0.15) is 6.61 Å². The van der Waals surface area contributed by atoms with Gasteiger partial charge in [0.25, 0.3) is 0 Å². The number of carbonyl (C=O) groups excluding carboxylic acids is 1. The molecular formula is C14H19N3O3S2. The fourth-order valence-electron chi connectivity index (χ4n) is 1.82. The van der Waals surface area contributed by atoms with Gasteiger partial charge < -0.3 is 14.0 Å². The predicted octanol–water partition coefficient (Wildman–Crippen LogP) is 2.70. The second-order valence-corrected chi connectivity index (χ2v) is 6.24. The van der Waals surface area contributed by atoms with Crippen molar-refractivity contribution in [3.63, 3.8) is 0 Å². The average Bonchev–Trinajstić information content (AvgIpc) is 3.15. The van der Waals surface area contributed by atoms with Crippen LogP contribution in [0.2, 0.25) is 0 Å². The third kappa shape index (κ3) is 4.56. The maximum Gasteiger partial charge on any atom is 0.332 e. The SMILES string of the molecule is CCOC(=O)COCCSc1nnc(-c2cccs2)n1CC. The Kier molecular flexibility index (Phi) is 6.88. The summed E-state index contributed by atoms with van der Waals surface area (Å²) in [4.78, 5) is 12.2.